The Bertz CT molecular complexity index is 1250. The quantitative estimate of drug-likeness (QED) is 0.338. The number of benzene rings is 1. The zero-order chi connectivity index (χ0) is 20.2. The Kier molecular flexibility index (Phi) is 5.82. The molecule has 4 aromatic rings. The average molecular weight is 426 g/mol. The standard InChI is InChI=1S/C21H19N3O3S2/c1-2-8-27-17-11-22-14(9-16(17)25)12-28-21-23-19(26)15-10-18(29-20(15)24-21)13-6-4-3-5-7-13/h3-7,9-11H,2,8,12H2,1H3,(H,22,25)(H,23,24,26). The van der Waals surface area contributed by atoms with Crippen molar-refractivity contribution in [2.45, 2.75) is 24.3 Å². The average Bonchev–Trinajstić information content (AvgIpc) is 3.17. The minimum Gasteiger partial charge on any atom is -0.488 e. The lowest BCUT2D eigenvalue weighted by atomic mass is 10.2. The van der Waals surface area contributed by atoms with Crippen LogP contribution in [0.25, 0.3) is 20.7 Å². The molecule has 0 aliphatic carbocycles. The number of thioether (sulfide) groups is 1. The van der Waals surface area contributed by atoms with Crippen molar-refractivity contribution in [1.29, 1.82) is 0 Å². The van der Waals surface area contributed by atoms with Gasteiger partial charge in [-0.15, -0.1) is 11.3 Å². The van der Waals surface area contributed by atoms with E-state index in [-0.39, 0.29) is 11.0 Å². The van der Waals surface area contributed by atoms with Crippen LogP contribution in [0.3, 0.4) is 0 Å². The largest absolute Gasteiger partial charge is 0.488 e. The lowest BCUT2D eigenvalue weighted by molar-refractivity contribution is 0.313. The molecule has 0 saturated carbocycles. The van der Waals surface area contributed by atoms with E-state index in [0.29, 0.717) is 33.5 Å². The van der Waals surface area contributed by atoms with Gasteiger partial charge in [-0.3, -0.25) is 9.59 Å². The van der Waals surface area contributed by atoms with Gasteiger partial charge in [-0.1, -0.05) is 49.0 Å². The molecule has 0 fully saturated rings. The maximum Gasteiger partial charge on any atom is 0.260 e. The summed E-state index contributed by atoms with van der Waals surface area (Å²) in [6.45, 7) is 2.49. The van der Waals surface area contributed by atoms with Crippen LogP contribution in [0.4, 0.5) is 0 Å². The van der Waals surface area contributed by atoms with Gasteiger partial charge in [0.15, 0.2) is 10.9 Å². The minimum absolute atomic E-state index is 0.157. The summed E-state index contributed by atoms with van der Waals surface area (Å²) in [7, 11) is 0. The van der Waals surface area contributed by atoms with Crippen LogP contribution in [0.2, 0.25) is 0 Å². The zero-order valence-electron chi connectivity index (χ0n) is 15.7. The molecule has 4 rings (SSSR count). The van der Waals surface area contributed by atoms with Crippen molar-refractivity contribution < 1.29 is 4.74 Å². The molecule has 0 unspecified atom stereocenters. The Balaban J connectivity index is 1.53. The number of rotatable bonds is 7. The second-order valence-corrected chi connectivity index (χ2v) is 8.39. The molecule has 0 spiro atoms. The normalized spacial score (nSPS) is 11.1. The molecule has 3 aromatic heterocycles. The molecule has 0 amide bonds. The lowest BCUT2D eigenvalue weighted by Crippen LogP contribution is -2.10. The maximum atomic E-state index is 12.5. The van der Waals surface area contributed by atoms with E-state index < -0.39 is 0 Å². The molecule has 3 heterocycles. The van der Waals surface area contributed by atoms with Crippen molar-refractivity contribution in [2.75, 3.05) is 6.61 Å². The van der Waals surface area contributed by atoms with Gasteiger partial charge in [-0.05, 0) is 18.1 Å². The van der Waals surface area contributed by atoms with Gasteiger partial charge in [0.05, 0.1) is 12.0 Å². The van der Waals surface area contributed by atoms with Gasteiger partial charge in [0.2, 0.25) is 5.43 Å². The summed E-state index contributed by atoms with van der Waals surface area (Å²) in [6.07, 6.45) is 2.42. The Morgan fingerprint density at radius 1 is 1.17 bits per heavy atom. The van der Waals surface area contributed by atoms with Gasteiger partial charge in [0.1, 0.15) is 4.83 Å². The molecular formula is C21H19N3O3S2. The first-order valence-corrected chi connectivity index (χ1v) is 11.0. The number of nitrogens with zero attached hydrogens (tertiary/aromatic N) is 1. The first-order valence-electron chi connectivity index (χ1n) is 9.20. The predicted octanol–water partition coefficient (Wildman–Crippen LogP) is 4.42. The molecule has 6 nitrogen and oxygen atoms in total. The molecule has 0 saturated heterocycles. The van der Waals surface area contributed by atoms with Gasteiger partial charge in [0, 0.05) is 28.6 Å². The number of nitrogens with one attached hydrogen (secondary N) is 2. The van der Waals surface area contributed by atoms with Crippen LogP contribution >= 0.6 is 23.1 Å². The third-order valence-electron chi connectivity index (χ3n) is 4.20. The minimum atomic E-state index is -0.160. The van der Waals surface area contributed by atoms with E-state index in [2.05, 4.69) is 15.0 Å². The van der Waals surface area contributed by atoms with E-state index in [9.17, 15) is 9.59 Å². The van der Waals surface area contributed by atoms with Gasteiger partial charge in [-0.2, -0.15) is 0 Å². The van der Waals surface area contributed by atoms with E-state index in [1.54, 1.807) is 6.20 Å². The van der Waals surface area contributed by atoms with E-state index >= 15 is 0 Å². The highest BCUT2D eigenvalue weighted by Crippen LogP contribution is 2.31. The monoisotopic (exact) mass is 425 g/mol. The molecule has 0 aliphatic heterocycles. The Morgan fingerprint density at radius 2 is 2.00 bits per heavy atom. The van der Waals surface area contributed by atoms with E-state index in [1.807, 2.05) is 43.3 Å². The van der Waals surface area contributed by atoms with Gasteiger partial charge < -0.3 is 14.7 Å². The molecule has 0 atom stereocenters. The molecule has 29 heavy (non-hydrogen) atoms. The van der Waals surface area contributed by atoms with E-state index in [4.69, 9.17) is 4.74 Å². The third kappa shape index (κ3) is 4.44. The zero-order valence-corrected chi connectivity index (χ0v) is 17.4. The summed E-state index contributed by atoms with van der Waals surface area (Å²) >= 11 is 2.86. The van der Waals surface area contributed by atoms with Gasteiger partial charge in [0.25, 0.3) is 5.56 Å². The molecule has 0 radical (unpaired) electrons. The predicted molar refractivity (Wildman–Crippen MR) is 118 cm³/mol. The highest BCUT2D eigenvalue weighted by atomic mass is 32.2. The Labute approximate surface area is 175 Å². The number of ether oxygens (including phenoxy) is 1. The summed E-state index contributed by atoms with van der Waals surface area (Å²) in [4.78, 5) is 36.8. The summed E-state index contributed by atoms with van der Waals surface area (Å²) in [5.41, 5.74) is 1.48. The van der Waals surface area contributed by atoms with Crippen LogP contribution < -0.4 is 15.7 Å². The number of aromatic nitrogens is 3. The number of aromatic amines is 2. The lowest BCUT2D eigenvalue weighted by Gasteiger charge is -2.05. The number of thiophene rings is 1. The summed E-state index contributed by atoms with van der Waals surface area (Å²) in [5, 5.41) is 1.11. The van der Waals surface area contributed by atoms with E-state index in [1.165, 1.54) is 29.2 Å². The second kappa shape index (κ2) is 8.67. The molecule has 2 N–H and O–H groups in total. The fourth-order valence-corrected chi connectivity index (χ4v) is 4.65. The molecule has 148 valence electrons. The van der Waals surface area contributed by atoms with Crippen LogP contribution in [0.5, 0.6) is 5.75 Å². The van der Waals surface area contributed by atoms with Gasteiger partial charge >= 0.3 is 0 Å². The van der Waals surface area contributed by atoms with Gasteiger partial charge in [-0.25, -0.2) is 4.98 Å². The van der Waals surface area contributed by atoms with Crippen molar-refractivity contribution in [3.05, 3.63) is 74.9 Å². The smallest absolute Gasteiger partial charge is 0.260 e. The Hall–Kier alpha value is -2.84. The number of pyridine rings is 1. The highest BCUT2D eigenvalue weighted by molar-refractivity contribution is 7.98. The number of hydrogen-bond acceptors (Lipinski definition) is 6. The van der Waals surface area contributed by atoms with Crippen LogP contribution in [0.15, 0.2) is 63.4 Å². The van der Waals surface area contributed by atoms with Crippen molar-refractivity contribution in [3.63, 3.8) is 0 Å². The number of H-pyrrole nitrogens is 2. The highest BCUT2D eigenvalue weighted by Gasteiger charge is 2.11. The van der Waals surface area contributed by atoms with Crippen LogP contribution in [-0.2, 0) is 5.75 Å². The molecule has 1 aromatic carbocycles. The third-order valence-corrected chi connectivity index (χ3v) is 6.20. The van der Waals surface area contributed by atoms with E-state index in [0.717, 1.165) is 22.6 Å². The van der Waals surface area contributed by atoms with Crippen molar-refractivity contribution in [2.24, 2.45) is 0 Å². The Morgan fingerprint density at radius 3 is 2.76 bits per heavy atom. The van der Waals surface area contributed by atoms with Crippen LogP contribution in [-0.4, -0.2) is 21.6 Å². The summed E-state index contributed by atoms with van der Waals surface area (Å²) < 4.78 is 5.40. The fraction of sp³-hybridized carbons (Fsp3) is 0.190. The topological polar surface area (TPSA) is 87.8 Å². The second-order valence-electron chi connectivity index (χ2n) is 6.39. The molecule has 8 heteroatoms. The molecule has 0 aliphatic rings. The summed E-state index contributed by atoms with van der Waals surface area (Å²) in [5.74, 6) is 0.801. The number of fused-ring (bicyclic) bond motifs is 1. The first kappa shape index (κ1) is 19.5. The number of hydrogen-bond donors (Lipinski definition) is 2. The summed E-state index contributed by atoms with van der Waals surface area (Å²) in [6, 6.07) is 13.3. The molecule has 0 bridgehead atoms. The molecular weight excluding hydrogens is 406 g/mol. The maximum absolute atomic E-state index is 12.5. The van der Waals surface area contributed by atoms with Crippen LogP contribution in [0, 0.1) is 0 Å². The van der Waals surface area contributed by atoms with Crippen molar-refractivity contribution in [3.8, 4) is 16.2 Å². The SMILES string of the molecule is CCCOc1c[nH]c(CSc2nc3sc(-c4ccccc4)cc3c(=O)[nH]2)cc1=O. The van der Waals surface area contributed by atoms with Crippen molar-refractivity contribution >= 4 is 33.3 Å². The fourth-order valence-electron chi connectivity index (χ4n) is 2.78. The first-order chi connectivity index (χ1) is 14.1. The van der Waals surface area contributed by atoms with Crippen LogP contribution in [0.1, 0.15) is 19.0 Å². The van der Waals surface area contributed by atoms with Crippen molar-refractivity contribution in [1.82, 2.24) is 15.0 Å².